The SMILES string of the molecule is CCc1ccc(OCC(=O)NNC(=S)NC(=O)COc2ccc(Cl)cc2)c(Br)c1. The summed E-state index contributed by atoms with van der Waals surface area (Å²) in [7, 11) is 0. The number of benzene rings is 2. The zero-order chi connectivity index (χ0) is 21.2. The average Bonchev–Trinajstić information content (AvgIpc) is 2.70. The largest absolute Gasteiger partial charge is 0.484 e. The van der Waals surface area contributed by atoms with Crippen molar-refractivity contribution in [2.45, 2.75) is 13.3 Å². The van der Waals surface area contributed by atoms with Gasteiger partial charge in [0.05, 0.1) is 4.47 Å². The molecule has 10 heteroatoms. The maximum absolute atomic E-state index is 11.9. The van der Waals surface area contributed by atoms with Crippen LogP contribution >= 0.6 is 39.7 Å². The second-order valence-corrected chi connectivity index (χ2v) is 7.40. The minimum Gasteiger partial charge on any atom is -0.484 e. The molecule has 0 fully saturated rings. The number of carbonyl (C=O) groups excluding carboxylic acids is 2. The third kappa shape index (κ3) is 8.26. The number of hydrogen-bond donors (Lipinski definition) is 3. The van der Waals surface area contributed by atoms with Crippen LogP contribution in [0.4, 0.5) is 0 Å². The van der Waals surface area contributed by atoms with Crippen molar-refractivity contribution in [1.82, 2.24) is 16.2 Å². The topological polar surface area (TPSA) is 88.7 Å². The predicted molar refractivity (Wildman–Crippen MR) is 118 cm³/mol. The third-order valence-corrected chi connectivity index (χ3v) is 4.59. The molecule has 2 amide bonds. The molecule has 0 bridgehead atoms. The second kappa shape index (κ2) is 11.6. The fraction of sp³-hybridized carbons (Fsp3) is 0.211. The lowest BCUT2D eigenvalue weighted by molar-refractivity contribution is -0.124. The van der Waals surface area contributed by atoms with Gasteiger partial charge in [0.2, 0.25) is 0 Å². The minimum absolute atomic E-state index is 0.0727. The smallest absolute Gasteiger partial charge is 0.276 e. The lowest BCUT2D eigenvalue weighted by Crippen LogP contribution is -2.50. The van der Waals surface area contributed by atoms with Gasteiger partial charge in [-0.15, -0.1) is 0 Å². The number of carbonyl (C=O) groups is 2. The molecule has 2 aromatic rings. The summed E-state index contributed by atoms with van der Waals surface area (Å²) in [6.45, 7) is 1.57. The van der Waals surface area contributed by atoms with Crippen molar-refractivity contribution in [3.05, 3.63) is 57.5 Å². The van der Waals surface area contributed by atoms with Crippen LogP contribution in [-0.2, 0) is 16.0 Å². The molecule has 0 atom stereocenters. The molecule has 29 heavy (non-hydrogen) atoms. The van der Waals surface area contributed by atoms with Gasteiger partial charge in [0.25, 0.3) is 11.8 Å². The predicted octanol–water partition coefficient (Wildman–Crippen LogP) is 3.14. The quantitative estimate of drug-likeness (QED) is 0.400. The summed E-state index contributed by atoms with van der Waals surface area (Å²) in [6, 6.07) is 12.2. The zero-order valence-electron chi connectivity index (χ0n) is 15.5. The van der Waals surface area contributed by atoms with Gasteiger partial charge >= 0.3 is 0 Å². The molecule has 0 aliphatic heterocycles. The van der Waals surface area contributed by atoms with Crippen LogP contribution in [0.3, 0.4) is 0 Å². The van der Waals surface area contributed by atoms with Crippen LogP contribution in [0.2, 0.25) is 5.02 Å². The van der Waals surface area contributed by atoms with Crippen molar-refractivity contribution in [2.75, 3.05) is 13.2 Å². The Morgan fingerprint density at radius 1 is 1.03 bits per heavy atom. The van der Waals surface area contributed by atoms with Crippen LogP contribution in [0.1, 0.15) is 12.5 Å². The molecule has 0 radical (unpaired) electrons. The molecular formula is C19H19BrClN3O4S. The number of amides is 2. The van der Waals surface area contributed by atoms with Gasteiger partial charge in [-0.1, -0.05) is 24.6 Å². The highest BCUT2D eigenvalue weighted by atomic mass is 79.9. The number of hydrazine groups is 1. The van der Waals surface area contributed by atoms with Gasteiger partial charge < -0.3 is 9.47 Å². The number of halogens is 2. The van der Waals surface area contributed by atoms with Gasteiger partial charge in [0.1, 0.15) is 11.5 Å². The minimum atomic E-state index is -0.483. The van der Waals surface area contributed by atoms with E-state index in [4.69, 9.17) is 33.3 Å². The first-order valence-corrected chi connectivity index (χ1v) is 10.1. The Hall–Kier alpha value is -2.36. The van der Waals surface area contributed by atoms with E-state index in [1.807, 2.05) is 19.1 Å². The lowest BCUT2D eigenvalue weighted by atomic mass is 10.2. The molecule has 0 aromatic heterocycles. The Morgan fingerprint density at radius 2 is 1.72 bits per heavy atom. The average molecular weight is 501 g/mol. The summed E-state index contributed by atoms with van der Waals surface area (Å²) < 4.78 is 11.5. The fourth-order valence-corrected chi connectivity index (χ4v) is 2.89. The van der Waals surface area contributed by atoms with Crippen molar-refractivity contribution in [3.63, 3.8) is 0 Å². The Kier molecular flexibility index (Phi) is 9.17. The number of hydrogen-bond acceptors (Lipinski definition) is 5. The molecule has 0 unspecified atom stereocenters. The molecule has 2 rings (SSSR count). The summed E-state index contributed by atoms with van der Waals surface area (Å²) in [5.41, 5.74) is 5.91. The van der Waals surface area contributed by atoms with Gasteiger partial charge in [-0.3, -0.25) is 25.8 Å². The molecule has 0 saturated carbocycles. The van der Waals surface area contributed by atoms with Gasteiger partial charge in [0, 0.05) is 5.02 Å². The number of ether oxygens (including phenoxy) is 2. The first kappa shape index (κ1) is 22.9. The Balaban J connectivity index is 1.66. The molecule has 3 N–H and O–H groups in total. The highest BCUT2D eigenvalue weighted by molar-refractivity contribution is 9.10. The molecule has 0 aliphatic rings. The van der Waals surface area contributed by atoms with Crippen molar-refractivity contribution in [1.29, 1.82) is 0 Å². The summed E-state index contributed by atoms with van der Waals surface area (Å²) in [4.78, 5) is 23.7. The second-order valence-electron chi connectivity index (χ2n) is 5.70. The summed E-state index contributed by atoms with van der Waals surface area (Å²) in [5.74, 6) is 0.0907. The Morgan fingerprint density at radius 3 is 2.38 bits per heavy atom. The summed E-state index contributed by atoms with van der Waals surface area (Å²) in [5, 5.41) is 2.87. The van der Waals surface area contributed by atoms with Crippen LogP contribution in [-0.4, -0.2) is 30.1 Å². The molecule has 154 valence electrons. The van der Waals surface area contributed by atoms with Crippen molar-refractivity contribution >= 4 is 56.7 Å². The first-order chi connectivity index (χ1) is 13.9. The first-order valence-electron chi connectivity index (χ1n) is 8.55. The molecule has 2 aromatic carbocycles. The van der Waals surface area contributed by atoms with Gasteiger partial charge in [0.15, 0.2) is 18.3 Å². The maximum Gasteiger partial charge on any atom is 0.276 e. The standard InChI is InChI=1S/C19H19BrClN3O4S/c1-2-12-3-8-16(15(20)9-12)28-11-18(26)23-24-19(29)22-17(25)10-27-14-6-4-13(21)5-7-14/h3-9H,2,10-11H2,1H3,(H,23,26)(H2,22,24,25,29). The van der Waals surface area contributed by atoms with Crippen molar-refractivity contribution < 1.29 is 19.1 Å². The van der Waals surface area contributed by atoms with Crippen LogP contribution < -0.4 is 25.6 Å². The molecule has 0 heterocycles. The van der Waals surface area contributed by atoms with E-state index in [1.165, 1.54) is 0 Å². The van der Waals surface area contributed by atoms with Crippen molar-refractivity contribution in [2.24, 2.45) is 0 Å². The van der Waals surface area contributed by atoms with Crippen molar-refractivity contribution in [3.8, 4) is 11.5 Å². The molecule has 0 spiro atoms. The van der Waals surface area contributed by atoms with E-state index in [1.54, 1.807) is 30.3 Å². The van der Waals surface area contributed by atoms with Gasteiger partial charge in [-0.25, -0.2) is 0 Å². The zero-order valence-corrected chi connectivity index (χ0v) is 18.6. The van der Waals surface area contributed by atoms with E-state index >= 15 is 0 Å². The van der Waals surface area contributed by atoms with E-state index in [9.17, 15) is 9.59 Å². The monoisotopic (exact) mass is 499 g/mol. The van der Waals surface area contributed by atoms with E-state index in [0.29, 0.717) is 16.5 Å². The van der Waals surface area contributed by atoms with Crippen LogP contribution in [0.25, 0.3) is 0 Å². The van der Waals surface area contributed by atoms with Gasteiger partial charge in [-0.05, 0) is 76.5 Å². The van der Waals surface area contributed by atoms with Crippen LogP contribution in [0, 0.1) is 0 Å². The fourth-order valence-electron chi connectivity index (χ4n) is 2.06. The Bertz CT molecular complexity index is 880. The Labute approximate surface area is 187 Å². The van der Waals surface area contributed by atoms with E-state index < -0.39 is 11.8 Å². The number of rotatable bonds is 7. The van der Waals surface area contributed by atoms with E-state index in [2.05, 4.69) is 32.1 Å². The van der Waals surface area contributed by atoms with Crippen LogP contribution in [0.5, 0.6) is 11.5 Å². The van der Waals surface area contributed by atoms with E-state index in [0.717, 1.165) is 16.5 Å². The number of nitrogens with one attached hydrogen (secondary N) is 3. The third-order valence-electron chi connectivity index (χ3n) is 3.52. The molecule has 7 nitrogen and oxygen atoms in total. The molecule has 0 saturated heterocycles. The lowest BCUT2D eigenvalue weighted by Gasteiger charge is -2.12. The molecule has 0 aliphatic carbocycles. The summed E-state index contributed by atoms with van der Waals surface area (Å²) >= 11 is 14.1. The number of thiocarbonyl (C=S) groups is 1. The number of aryl methyl sites for hydroxylation is 1. The van der Waals surface area contributed by atoms with E-state index in [-0.39, 0.29) is 18.3 Å². The van der Waals surface area contributed by atoms with Crippen LogP contribution in [0.15, 0.2) is 46.9 Å². The maximum atomic E-state index is 11.9. The highest BCUT2D eigenvalue weighted by Gasteiger charge is 2.09. The molecular weight excluding hydrogens is 482 g/mol. The highest BCUT2D eigenvalue weighted by Crippen LogP contribution is 2.26. The van der Waals surface area contributed by atoms with Gasteiger partial charge in [-0.2, -0.15) is 0 Å². The normalized spacial score (nSPS) is 10.0. The summed E-state index contributed by atoms with van der Waals surface area (Å²) in [6.07, 6.45) is 0.900.